The minimum Gasteiger partial charge on any atom is -0.294 e. The average Bonchev–Trinajstić information content (AvgIpc) is 2.74. The Morgan fingerprint density at radius 2 is 1.80 bits per heavy atom. The van der Waals surface area contributed by atoms with Gasteiger partial charge in [0, 0.05) is 24.6 Å². The van der Waals surface area contributed by atoms with Crippen LogP contribution in [-0.4, -0.2) is 31.3 Å². The van der Waals surface area contributed by atoms with Gasteiger partial charge >= 0.3 is 0 Å². The molecule has 20 heavy (non-hydrogen) atoms. The van der Waals surface area contributed by atoms with Crippen LogP contribution in [-0.2, 0) is 6.54 Å². The maximum atomic E-state index is 12.3. The number of aromatic nitrogens is 4. The summed E-state index contributed by atoms with van der Waals surface area (Å²) in [7, 11) is 0. The molecular weight excluding hydrogens is 256 g/mol. The molecule has 0 aliphatic carbocycles. The highest BCUT2D eigenvalue weighted by atomic mass is 16.1. The zero-order chi connectivity index (χ0) is 14.7. The summed E-state index contributed by atoms with van der Waals surface area (Å²) in [4.78, 5) is 31.9. The summed E-state index contributed by atoms with van der Waals surface area (Å²) >= 11 is 0. The fourth-order valence-corrected chi connectivity index (χ4v) is 2.16. The van der Waals surface area contributed by atoms with E-state index in [1.807, 2.05) is 13.8 Å². The van der Waals surface area contributed by atoms with Gasteiger partial charge in [0.05, 0.1) is 17.7 Å². The van der Waals surface area contributed by atoms with Crippen molar-refractivity contribution in [2.45, 2.75) is 33.7 Å². The molecule has 0 fully saturated rings. The van der Waals surface area contributed by atoms with Crippen molar-refractivity contribution in [3.05, 3.63) is 41.2 Å². The summed E-state index contributed by atoms with van der Waals surface area (Å²) in [6, 6.07) is 1.62. The topological polar surface area (TPSA) is 77.7 Å². The lowest BCUT2D eigenvalue weighted by atomic mass is 10.0. The molecule has 0 aromatic carbocycles. The number of nitrogens with zero attached hydrogens (tertiary/aromatic N) is 4. The number of rotatable bonds is 5. The van der Waals surface area contributed by atoms with Crippen LogP contribution in [0.5, 0.6) is 0 Å². The van der Waals surface area contributed by atoms with Gasteiger partial charge in [-0.1, -0.05) is 0 Å². The molecule has 0 aliphatic rings. The average molecular weight is 272 g/mol. The number of Topliss-reactive ketones (excluding diaryl/α,β-unsaturated/α-hetero) is 2. The molecule has 6 heteroatoms. The van der Waals surface area contributed by atoms with Gasteiger partial charge in [0.2, 0.25) is 5.78 Å². The summed E-state index contributed by atoms with van der Waals surface area (Å²) in [5.41, 5.74) is 1.96. The lowest BCUT2D eigenvalue weighted by Crippen LogP contribution is -2.13. The van der Waals surface area contributed by atoms with Gasteiger partial charge in [-0.15, -0.1) is 0 Å². The zero-order valence-corrected chi connectivity index (χ0v) is 11.8. The summed E-state index contributed by atoms with van der Waals surface area (Å²) < 4.78 is 1.76. The van der Waals surface area contributed by atoms with Crippen LogP contribution in [0.2, 0.25) is 0 Å². The Morgan fingerprint density at radius 1 is 1.15 bits per heavy atom. The first-order chi connectivity index (χ1) is 9.54. The van der Waals surface area contributed by atoms with Crippen LogP contribution < -0.4 is 0 Å². The quantitative estimate of drug-likeness (QED) is 0.612. The van der Waals surface area contributed by atoms with Crippen molar-refractivity contribution < 1.29 is 9.59 Å². The standard InChI is InChI=1S/C14H16N4O2/c1-4-18-10(3)13(9(2)17-18)11(19)8-12(20)14-15-6-5-7-16-14/h5-7H,4,8H2,1-3H3. The summed E-state index contributed by atoms with van der Waals surface area (Å²) in [5.74, 6) is -0.546. The minimum absolute atomic E-state index is 0.0686. The molecular formula is C14H16N4O2. The molecule has 0 aliphatic heterocycles. The second-order valence-electron chi connectivity index (χ2n) is 4.46. The fourth-order valence-electron chi connectivity index (χ4n) is 2.16. The van der Waals surface area contributed by atoms with Crippen LogP contribution in [0.15, 0.2) is 18.5 Å². The molecule has 2 aromatic rings. The Hall–Kier alpha value is -2.37. The molecule has 0 amide bonds. The van der Waals surface area contributed by atoms with Crippen molar-refractivity contribution in [1.29, 1.82) is 0 Å². The highest BCUT2D eigenvalue weighted by Crippen LogP contribution is 2.16. The molecule has 6 nitrogen and oxygen atoms in total. The van der Waals surface area contributed by atoms with Gasteiger partial charge < -0.3 is 0 Å². The molecule has 0 radical (unpaired) electrons. The zero-order valence-electron chi connectivity index (χ0n) is 11.8. The first kappa shape index (κ1) is 14.0. The lowest BCUT2D eigenvalue weighted by molar-refractivity contribution is 0.0887. The number of hydrogen-bond acceptors (Lipinski definition) is 5. The maximum absolute atomic E-state index is 12.3. The molecule has 0 bridgehead atoms. The predicted octanol–water partition coefficient (Wildman–Crippen LogP) is 1.77. The van der Waals surface area contributed by atoms with Gasteiger partial charge in [-0.05, 0) is 26.8 Å². The van der Waals surface area contributed by atoms with Crippen LogP contribution in [0.25, 0.3) is 0 Å². The monoisotopic (exact) mass is 272 g/mol. The van der Waals surface area contributed by atoms with Crippen LogP contribution in [0.4, 0.5) is 0 Å². The van der Waals surface area contributed by atoms with E-state index in [0.717, 1.165) is 5.69 Å². The summed E-state index contributed by atoms with van der Waals surface area (Å²) in [5, 5.41) is 4.28. The molecule has 2 aromatic heterocycles. The highest BCUT2D eigenvalue weighted by Gasteiger charge is 2.22. The first-order valence-electron chi connectivity index (χ1n) is 6.42. The normalized spacial score (nSPS) is 10.6. The predicted molar refractivity (Wildman–Crippen MR) is 72.7 cm³/mol. The summed E-state index contributed by atoms with van der Waals surface area (Å²) in [6.45, 7) is 6.25. The molecule has 0 N–H and O–H groups in total. The van der Waals surface area contributed by atoms with E-state index in [-0.39, 0.29) is 23.8 Å². The van der Waals surface area contributed by atoms with E-state index >= 15 is 0 Å². The largest absolute Gasteiger partial charge is 0.294 e. The minimum atomic E-state index is -0.376. The molecule has 0 spiro atoms. The van der Waals surface area contributed by atoms with E-state index in [2.05, 4.69) is 15.1 Å². The molecule has 0 unspecified atom stereocenters. The Kier molecular flexibility index (Phi) is 4.02. The smallest absolute Gasteiger partial charge is 0.207 e. The third kappa shape index (κ3) is 2.64. The van der Waals surface area contributed by atoms with Crippen LogP contribution in [0, 0.1) is 13.8 Å². The van der Waals surface area contributed by atoms with Crippen molar-refractivity contribution in [2.75, 3.05) is 0 Å². The Balaban J connectivity index is 2.21. The third-order valence-electron chi connectivity index (χ3n) is 3.10. The van der Waals surface area contributed by atoms with Gasteiger partial charge in [-0.25, -0.2) is 9.97 Å². The molecule has 0 atom stereocenters. The van der Waals surface area contributed by atoms with Crippen molar-refractivity contribution in [2.24, 2.45) is 0 Å². The van der Waals surface area contributed by atoms with Crippen molar-refractivity contribution in [3.8, 4) is 0 Å². The van der Waals surface area contributed by atoms with Gasteiger partial charge in [0.15, 0.2) is 11.6 Å². The second-order valence-corrected chi connectivity index (χ2v) is 4.46. The van der Waals surface area contributed by atoms with Crippen molar-refractivity contribution in [1.82, 2.24) is 19.7 Å². The molecule has 0 saturated heterocycles. The molecule has 2 heterocycles. The van der Waals surface area contributed by atoms with Gasteiger partial charge in [-0.2, -0.15) is 5.10 Å². The Bertz CT molecular complexity index is 647. The van der Waals surface area contributed by atoms with Gasteiger partial charge in [-0.3, -0.25) is 14.3 Å². The molecule has 2 rings (SSSR count). The number of ketones is 2. The van der Waals surface area contributed by atoms with Crippen LogP contribution >= 0.6 is 0 Å². The van der Waals surface area contributed by atoms with Gasteiger partial charge in [0.1, 0.15) is 0 Å². The maximum Gasteiger partial charge on any atom is 0.207 e. The van der Waals surface area contributed by atoms with E-state index in [4.69, 9.17) is 0 Å². The van der Waals surface area contributed by atoms with E-state index in [0.29, 0.717) is 17.8 Å². The Labute approximate surface area is 116 Å². The van der Waals surface area contributed by atoms with Crippen LogP contribution in [0.3, 0.4) is 0 Å². The summed E-state index contributed by atoms with van der Waals surface area (Å²) in [6.07, 6.45) is 2.73. The van der Waals surface area contributed by atoms with Crippen molar-refractivity contribution in [3.63, 3.8) is 0 Å². The molecule has 104 valence electrons. The third-order valence-corrected chi connectivity index (χ3v) is 3.10. The number of hydrogen-bond donors (Lipinski definition) is 0. The number of carbonyl (C=O) groups is 2. The Morgan fingerprint density at radius 3 is 2.35 bits per heavy atom. The SMILES string of the molecule is CCn1nc(C)c(C(=O)CC(=O)c2ncccn2)c1C. The molecule has 0 saturated carbocycles. The van der Waals surface area contributed by atoms with Crippen molar-refractivity contribution >= 4 is 11.6 Å². The second kappa shape index (κ2) is 5.73. The highest BCUT2D eigenvalue weighted by molar-refractivity contribution is 6.13. The van der Waals surface area contributed by atoms with E-state index in [9.17, 15) is 9.59 Å². The van der Waals surface area contributed by atoms with E-state index in [1.54, 1.807) is 17.7 Å². The van der Waals surface area contributed by atoms with Crippen LogP contribution in [0.1, 0.15) is 45.7 Å². The fraction of sp³-hybridized carbons (Fsp3) is 0.357. The van der Waals surface area contributed by atoms with Gasteiger partial charge in [0.25, 0.3) is 0 Å². The number of aryl methyl sites for hydroxylation is 2. The number of carbonyl (C=O) groups excluding carboxylic acids is 2. The lowest BCUT2D eigenvalue weighted by Gasteiger charge is -2.02. The van der Waals surface area contributed by atoms with E-state index in [1.165, 1.54) is 12.4 Å². The van der Waals surface area contributed by atoms with E-state index < -0.39 is 0 Å². The first-order valence-corrected chi connectivity index (χ1v) is 6.42.